The lowest BCUT2D eigenvalue weighted by Gasteiger charge is -2.18. The van der Waals surface area contributed by atoms with E-state index in [0.717, 1.165) is 12.2 Å². The van der Waals surface area contributed by atoms with Crippen molar-refractivity contribution >= 4 is 5.84 Å². The molecule has 0 aliphatic carbocycles. The molecule has 3 N–H and O–H groups in total. The van der Waals surface area contributed by atoms with Crippen LogP contribution in [0.2, 0.25) is 0 Å². The molecular formula is C15H24N2O. The summed E-state index contributed by atoms with van der Waals surface area (Å²) in [5, 5.41) is 7.32. The SMILES string of the molecule is CCC(CC(=N)N)Oc1ccc(C(C)C)c(C)c1. The van der Waals surface area contributed by atoms with Gasteiger partial charge in [0.2, 0.25) is 0 Å². The normalized spacial score (nSPS) is 12.5. The molecule has 0 fully saturated rings. The van der Waals surface area contributed by atoms with Crippen molar-refractivity contribution in [3.63, 3.8) is 0 Å². The van der Waals surface area contributed by atoms with Crippen LogP contribution in [0.5, 0.6) is 5.75 Å². The average Bonchev–Trinajstić information content (AvgIpc) is 2.27. The largest absolute Gasteiger partial charge is 0.490 e. The van der Waals surface area contributed by atoms with Crippen molar-refractivity contribution in [1.29, 1.82) is 5.41 Å². The highest BCUT2D eigenvalue weighted by Gasteiger charge is 2.11. The van der Waals surface area contributed by atoms with Crippen LogP contribution in [0.3, 0.4) is 0 Å². The Bertz CT molecular complexity index is 413. The van der Waals surface area contributed by atoms with Gasteiger partial charge in [0.25, 0.3) is 0 Å². The van der Waals surface area contributed by atoms with E-state index in [1.54, 1.807) is 0 Å². The Morgan fingerprint density at radius 3 is 2.50 bits per heavy atom. The fraction of sp³-hybridized carbons (Fsp3) is 0.533. The monoisotopic (exact) mass is 248 g/mol. The number of aryl methyl sites for hydroxylation is 1. The lowest BCUT2D eigenvalue weighted by molar-refractivity contribution is 0.204. The van der Waals surface area contributed by atoms with Gasteiger partial charge in [0.1, 0.15) is 11.9 Å². The minimum absolute atomic E-state index is 0.00759. The van der Waals surface area contributed by atoms with Crippen LogP contribution in [0.25, 0.3) is 0 Å². The predicted octanol–water partition coefficient (Wildman–Crippen LogP) is 3.60. The fourth-order valence-corrected chi connectivity index (χ4v) is 2.08. The molecule has 3 heteroatoms. The summed E-state index contributed by atoms with van der Waals surface area (Å²) in [5.74, 6) is 1.57. The zero-order valence-electron chi connectivity index (χ0n) is 11.8. The third-order valence-corrected chi connectivity index (χ3v) is 3.07. The Morgan fingerprint density at radius 2 is 2.06 bits per heavy atom. The lowest BCUT2D eigenvalue weighted by Crippen LogP contribution is -2.24. The first-order valence-corrected chi connectivity index (χ1v) is 6.54. The van der Waals surface area contributed by atoms with Gasteiger partial charge in [-0.3, -0.25) is 5.41 Å². The molecule has 0 aliphatic rings. The van der Waals surface area contributed by atoms with Crippen LogP contribution in [0, 0.1) is 12.3 Å². The molecule has 3 nitrogen and oxygen atoms in total. The molecule has 0 saturated carbocycles. The van der Waals surface area contributed by atoms with E-state index in [1.807, 2.05) is 13.0 Å². The number of hydrogen-bond donors (Lipinski definition) is 2. The van der Waals surface area contributed by atoms with E-state index in [0.29, 0.717) is 12.3 Å². The second-order valence-electron chi connectivity index (χ2n) is 5.05. The van der Waals surface area contributed by atoms with Crippen LogP contribution >= 0.6 is 0 Å². The molecule has 0 amide bonds. The highest BCUT2D eigenvalue weighted by atomic mass is 16.5. The second kappa shape index (κ2) is 6.43. The molecule has 100 valence electrons. The van der Waals surface area contributed by atoms with Crippen LogP contribution < -0.4 is 10.5 Å². The average molecular weight is 248 g/mol. The van der Waals surface area contributed by atoms with E-state index in [-0.39, 0.29) is 11.9 Å². The molecule has 1 unspecified atom stereocenters. The molecule has 1 rings (SSSR count). The maximum atomic E-state index is 7.32. The van der Waals surface area contributed by atoms with Gasteiger partial charge in [-0.1, -0.05) is 26.8 Å². The van der Waals surface area contributed by atoms with E-state index >= 15 is 0 Å². The van der Waals surface area contributed by atoms with Gasteiger partial charge in [-0.05, 0) is 42.5 Å². The molecular weight excluding hydrogens is 224 g/mol. The number of benzene rings is 1. The molecule has 0 radical (unpaired) electrons. The number of nitrogens with two attached hydrogens (primary N) is 1. The quantitative estimate of drug-likeness (QED) is 0.597. The van der Waals surface area contributed by atoms with Gasteiger partial charge >= 0.3 is 0 Å². The predicted molar refractivity (Wildman–Crippen MR) is 76.5 cm³/mol. The first kappa shape index (κ1) is 14.6. The maximum absolute atomic E-state index is 7.32. The zero-order valence-corrected chi connectivity index (χ0v) is 11.8. The molecule has 0 heterocycles. The van der Waals surface area contributed by atoms with E-state index in [1.165, 1.54) is 11.1 Å². The first-order valence-electron chi connectivity index (χ1n) is 6.54. The Morgan fingerprint density at radius 1 is 1.39 bits per heavy atom. The van der Waals surface area contributed by atoms with Crippen molar-refractivity contribution in [2.24, 2.45) is 5.73 Å². The Kier molecular flexibility index (Phi) is 5.20. The summed E-state index contributed by atoms with van der Waals surface area (Å²) in [4.78, 5) is 0. The molecule has 1 atom stereocenters. The van der Waals surface area contributed by atoms with E-state index in [9.17, 15) is 0 Å². The molecule has 0 bridgehead atoms. The van der Waals surface area contributed by atoms with Crippen molar-refractivity contribution in [1.82, 2.24) is 0 Å². The van der Waals surface area contributed by atoms with Crippen LogP contribution in [0.4, 0.5) is 0 Å². The summed E-state index contributed by atoms with van der Waals surface area (Å²) in [6, 6.07) is 6.19. The van der Waals surface area contributed by atoms with Crippen LogP contribution in [0.1, 0.15) is 50.7 Å². The van der Waals surface area contributed by atoms with Crippen LogP contribution in [-0.2, 0) is 0 Å². The summed E-state index contributed by atoms with van der Waals surface area (Å²) < 4.78 is 5.87. The third kappa shape index (κ3) is 4.06. The molecule has 18 heavy (non-hydrogen) atoms. The number of amidine groups is 1. The lowest BCUT2D eigenvalue weighted by atomic mass is 9.98. The molecule has 1 aromatic rings. The van der Waals surface area contributed by atoms with Gasteiger partial charge in [-0.2, -0.15) is 0 Å². The Balaban J connectivity index is 2.78. The van der Waals surface area contributed by atoms with Gasteiger partial charge in [0.15, 0.2) is 0 Å². The highest BCUT2D eigenvalue weighted by molar-refractivity contribution is 5.77. The summed E-state index contributed by atoms with van der Waals surface area (Å²) in [7, 11) is 0. The Hall–Kier alpha value is -1.51. The summed E-state index contributed by atoms with van der Waals surface area (Å²) >= 11 is 0. The zero-order chi connectivity index (χ0) is 13.7. The number of rotatable bonds is 6. The molecule has 1 aromatic carbocycles. The number of nitrogens with one attached hydrogen (secondary N) is 1. The molecule has 0 aromatic heterocycles. The molecule has 0 spiro atoms. The summed E-state index contributed by atoms with van der Waals surface area (Å²) in [6.45, 7) is 8.53. The number of hydrogen-bond acceptors (Lipinski definition) is 2. The van der Waals surface area contributed by atoms with Gasteiger partial charge in [0, 0.05) is 6.42 Å². The fourth-order valence-electron chi connectivity index (χ4n) is 2.08. The van der Waals surface area contributed by atoms with Gasteiger partial charge in [0.05, 0.1) is 5.84 Å². The second-order valence-corrected chi connectivity index (χ2v) is 5.05. The van der Waals surface area contributed by atoms with Crippen LogP contribution in [-0.4, -0.2) is 11.9 Å². The van der Waals surface area contributed by atoms with Crippen LogP contribution in [0.15, 0.2) is 18.2 Å². The molecule has 0 saturated heterocycles. The van der Waals surface area contributed by atoms with Crippen molar-refractivity contribution in [3.8, 4) is 5.75 Å². The van der Waals surface area contributed by atoms with Gasteiger partial charge in [-0.15, -0.1) is 0 Å². The topological polar surface area (TPSA) is 59.1 Å². The van der Waals surface area contributed by atoms with Crippen molar-refractivity contribution in [3.05, 3.63) is 29.3 Å². The van der Waals surface area contributed by atoms with Crippen molar-refractivity contribution < 1.29 is 4.74 Å². The minimum atomic E-state index is -0.00759. The Labute approximate surface area is 110 Å². The maximum Gasteiger partial charge on any atom is 0.120 e. The van der Waals surface area contributed by atoms with Crippen molar-refractivity contribution in [2.45, 2.75) is 52.6 Å². The highest BCUT2D eigenvalue weighted by Crippen LogP contribution is 2.24. The van der Waals surface area contributed by atoms with E-state index in [2.05, 4.69) is 32.9 Å². The van der Waals surface area contributed by atoms with Crippen molar-refractivity contribution in [2.75, 3.05) is 0 Å². The standard InChI is InChI=1S/C15H24N2O/c1-5-12(9-15(16)17)18-13-6-7-14(10(2)3)11(4)8-13/h6-8,10,12H,5,9H2,1-4H3,(H3,16,17). The van der Waals surface area contributed by atoms with Gasteiger partial charge in [-0.25, -0.2) is 0 Å². The molecule has 0 aliphatic heterocycles. The van der Waals surface area contributed by atoms with E-state index in [4.69, 9.17) is 15.9 Å². The first-order chi connectivity index (χ1) is 8.43. The smallest absolute Gasteiger partial charge is 0.120 e. The summed E-state index contributed by atoms with van der Waals surface area (Å²) in [5.41, 5.74) is 8.02. The van der Waals surface area contributed by atoms with Gasteiger partial charge < -0.3 is 10.5 Å². The number of ether oxygens (including phenoxy) is 1. The third-order valence-electron chi connectivity index (χ3n) is 3.07. The minimum Gasteiger partial charge on any atom is -0.490 e. The van der Waals surface area contributed by atoms with E-state index < -0.39 is 0 Å². The summed E-state index contributed by atoms with van der Waals surface area (Å²) in [6.07, 6.45) is 1.33.